The number of hydrogen-bond donors (Lipinski definition) is 1. The van der Waals surface area contributed by atoms with E-state index in [0.29, 0.717) is 55.6 Å². The number of aliphatic hydroxyl groups is 1. The molecule has 0 spiro atoms. The molecule has 4 rings (SSSR count). The molecule has 2 fully saturated rings. The standard InChI is InChI=1S/C26H34F2N4O3/c1-26(2,28)17-31-10-7-18(8-11-31)16-35-24-14-29-23(13-30-24)19-5-6-21(22(27)12-19)25(34)32-9-3-4-20(33)15-32/h5-6,12-14,18,20,33H,3-4,7-11,15-17H2,1-2H3. The van der Waals surface area contributed by atoms with Crippen LogP contribution in [-0.4, -0.2) is 81.9 Å². The molecule has 2 aliphatic rings. The largest absolute Gasteiger partial charge is 0.476 e. The van der Waals surface area contributed by atoms with Crippen molar-refractivity contribution in [2.75, 3.05) is 39.3 Å². The molecule has 0 saturated carbocycles. The van der Waals surface area contributed by atoms with Crippen molar-refractivity contribution in [2.24, 2.45) is 5.92 Å². The van der Waals surface area contributed by atoms with Crippen LogP contribution in [0.2, 0.25) is 0 Å². The van der Waals surface area contributed by atoms with Crippen LogP contribution < -0.4 is 4.74 Å². The Balaban J connectivity index is 1.30. The molecular weight excluding hydrogens is 454 g/mol. The van der Waals surface area contributed by atoms with Crippen molar-refractivity contribution < 1.29 is 23.4 Å². The molecule has 1 unspecified atom stereocenters. The van der Waals surface area contributed by atoms with Crippen molar-refractivity contribution in [1.29, 1.82) is 0 Å². The van der Waals surface area contributed by atoms with Crippen LogP contribution in [0.3, 0.4) is 0 Å². The molecule has 0 radical (unpaired) electrons. The first-order chi connectivity index (χ1) is 16.7. The Labute approximate surface area is 205 Å². The van der Waals surface area contributed by atoms with E-state index in [-0.39, 0.29) is 12.1 Å². The summed E-state index contributed by atoms with van der Waals surface area (Å²) in [6.07, 6.45) is 5.73. The van der Waals surface area contributed by atoms with Crippen molar-refractivity contribution in [3.63, 3.8) is 0 Å². The quantitative estimate of drug-likeness (QED) is 0.640. The summed E-state index contributed by atoms with van der Waals surface area (Å²) in [5, 5.41) is 9.79. The summed E-state index contributed by atoms with van der Waals surface area (Å²) < 4.78 is 34.4. The summed E-state index contributed by atoms with van der Waals surface area (Å²) in [6.45, 7) is 6.63. The first-order valence-corrected chi connectivity index (χ1v) is 12.3. The van der Waals surface area contributed by atoms with Crippen LogP contribution in [0, 0.1) is 11.7 Å². The van der Waals surface area contributed by atoms with Crippen molar-refractivity contribution in [3.8, 4) is 17.1 Å². The molecule has 190 valence electrons. The molecule has 1 amide bonds. The average molecular weight is 489 g/mol. The van der Waals surface area contributed by atoms with Gasteiger partial charge >= 0.3 is 0 Å². The number of β-amino-alcohol motifs (C(OH)–C–C–N with tert-alkyl or cyclic N) is 1. The molecule has 3 heterocycles. The SMILES string of the molecule is CC(C)(F)CN1CCC(COc2cnc(-c3ccc(C(=O)N4CCCC(O)C4)c(F)c3)cn2)CC1. The fourth-order valence-electron chi connectivity index (χ4n) is 4.74. The summed E-state index contributed by atoms with van der Waals surface area (Å²) in [5.74, 6) is -0.258. The number of likely N-dealkylation sites (tertiary alicyclic amines) is 2. The van der Waals surface area contributed by atoms with E-state index in [9.17, 15) is 18.7 Å². The zero-order valence-corrected chi connectivity index (χ0v) is 20.4. The highest BCUT2D eigenvalue weighted by Crippen LogP contribution is 2.24. The van der Waals surface area contributed by atoms with Crippen molar-refractivity contribution in [3.05, 3.63) is 42.0 Å². The first-order valence-electron chi connectivity index (χ1n) is 12.3. The molecule has 9 heteroatoms. The predicted molar refractivity (Wildman–Crippen MR) is 128 cm³/mol. The summed E-state index contributed by atoms with van der Waals surface area (Å²) in [5.41, 5.74) is -0.210. The number of benzene rings is 1. The molecule has 0 aliphatic carbocycles. The van der Waals surface area contributed by atoms with Crippen LogP contribution in [0.25, 0.3) is 11.3 Å². The number of amides is 1. The van der Waals surface area contributed by atoms with Gasteiger partial charge in [0.25, 0.3) is 5.91 Å². The van der Waals surface area contributed by atoms with Crippen LogP contribution >= 0.6 is 0 Å². The van der Waals surface area contributed by atoms with E-state index in [0.717, 1.165) is 25.9 Å². The van der Waals surface area contributed by atoms with E-state index in [2.05, 4.69) is 14.9 Å². The lowest BCUT2D eigenvalue weighted by molar-refractivity contribution is 0.0470. The molecule has 0 bridgehead atoms. The van der Waals surface area contributed by atoms with Crippen LogP contribution in [0.15, 0.2) is 30.6 Å². The summed E-state index contributed by atoms with van der Waals surface area (Å²) in [7, 11) is 0. The Morgan fingerprint density at radius 2 is 1.94 bits per heavy atom. The number of alkyl halides is 1. The third kappa shape index (κ3) is 6.95. The summed E-state index contributed by atoms with van der Waals surface area (Å²) >= 11 is 0. The third-order valence-corrected chi connectivity index (χ3v) is 6.58. The van der Waals surface area contributed by atoms with Crippen LogP contribution in [-0.2, 0) is 0 Å². The van der Waals surface area contributed by atoms with Gasteiger partial charge in [-0.15, -0.1) is 0 Å². The van der Waals surface area contributed by atoms with Crippen molar-refractivity contribution in [2.45, 2.75) is 51.3 Å². The van der Waals surface area contributed by atoms with Gasteiger partial charge in [0.15, 0.2) is 0 Å². The van der Waals surface area contributed by atoms with Crippen molar-refractivity contribution >= 4 is 5.91 Å². The lowest BCUT2D eigenvalue weighted by atomic mass is 9.97. The molecule has 1 atom stereocenters. The maximum absolute atomic E-state index is 14.8. The Morgan fingerprint density at radius 3 is 2.57 bits per heavy atom. The van der Waals surface area contributed by atoms with Gasteiger partial charge < -0.3 is 19.6 Å². The molecule has 2 aromatic rings. The van der Waals surface area contributed by atoms with Gasteiger partial charge in [0, 0.05) is 25.2 Å². The molecule has 2 aliphatic heterocycles. The number of piperidine rings is 2. The van der Waals surface area contributed by atoms with E-state index in [1.165, 1.54) is 29.4 Å². The van der Waals surface area contributed by atoms with Gasteiger partial charge in [0.05, 0.1) is 36.4 Å². The van der Waals surface area contributed by atoms with Crippen LogP contribution in [0.5, 0.6) is 5.88 Å². The minimum atomic E-state index is -1.18. The summed E-state index contributed by atoms with van der Waals surface area (Å²) in [6, 6.07) is 4.38. The molecular formula is C26H34F2N4O3. The number of carbonyl (C=O) groups excluding carboxylic acids is 1. The minimum Gasteiger partial charge on any atom is -0.476 e. The second-order valence-corrected chi connectivity index (χ2v) is 10.2. The predicted octanol–water partition coefficient (Wildman–Crippen LogP) is 3.72. The number of ether oxygens (including phenoxy) is 1. The lowest BCUT2D eigenvalue weighted by Gasteiger charge is -2.34. The van der Waals surface area contributed by atoms with E-state index >= 15 is 0 Å². The highest BCUT2D eigenvalue weighted by atomic mass is 19.1. The van der Waals surface area contributed by atoms with Crippen LogP contribution in [0.4, 0.5) is 8.78 Å². The number of hydrogen-bond acceptors (Lipinski definition) is 6. The molecule has 1 aromatic carbocycles. The smallest absolute Gasteiger partial charge is 0.256 e. The maximum Gasteiger partial charge on any atom is 0.256 e. The van der Waals surface area contributed by atoms with Gasteiger partial charge in [-0.25, -0.2) is 18.7 Å². The molecule has 7 nitrogen and oxygen atoms in total. The highest BCUT2D eigenvalue weighted by Gasteiger charge is 2.26. The number of rotatable bonds is 7. The highest BCUT2D eigenvalue weighted by molar-refractivity contribution is 5.95. The van der Waals surface area contributed by atoms with Gasteiger partial charge in [-0.05, 0) is 70.7 Å². The van der Waals surface area contributed by atoms with Gasteiger partial charge in [-0.3, -0.25) is 4.79 Å². The number of nitrogens with zero attached hydrogens (tertiary/aromatic N) is 4. The molecule has 35 heavy (non-hydrogen) atoms. The Morgan fingerprint density at radius 1 is 1.17 bits per heavy atom. The van der Waals surface area contributed by atoms with E-state index in [1.54, 1.807) is 19.9 Å². The fourth-order valence-corrected chi connectivity index (χ4v) is 4.74. The van der Waals surface area contributed by atoms with Gasteiger partial charge in [-0.1, -0.05) is 6.07 Å². The lowest BCUT2D eigenvalue weighted by Crippen LogP contribution is -2.42. The van der Waals surface area contributed by atoms with Gasteiger partial charge in [0.1, 0.15) is 11.5 Å². The van der Waals surface area contributed by atoms with Crippen molar-refractivity contribution in [1.82, 2.24) is 19.8 Å². The minimum absolute atomic E-state index is 0.0168. The Bertz CT molecular complexity index is 1000. The first kappa shape index (κ1) is 25.4. The molecule has 1 N–H and O–H groups in total. The van der Waals surface area contributed by atoms with E-state index in [4.69, 9.17) is 4.74 Å². The summed E-state index contributed by atoms with van der Waals surface area (Å²) in [4.78, 5) is 24.9. The monoisotopic (exact) mass is 488 g/mol. The molecule has 1 aromatic heterocycles. The Kier molecular flexibility index (Phi) is 7.96. The fraction of sp³-hybridized carbons (Fsp3) is 0.577. The maximum atomic E-state index is 14.8. The van der Waals surface area contributed by atoms with E-state index in [1.807, 2.05) is 0 Å². The van der Waals surface area contributed by atoms with E-state index < -0.39 is 23.5 Å². The second-order valence-electron chi connectivity index (χ2n) is 10.2. The number of aliphatic hydroxyl groups excluding tert-OH is 1. The van der Waals surface area contributed by atoms with Gasteiger partial charge in [-0.2, -0.15) is 0 Å². The third-order valence-electron chi connectivity index (χ3n) is 6.58. The zero-order chi connectivity index (χ0) is 25.0. The molecule has 2 saturated heterocycles. The average Bonchev–Trinajstić information content (AvgIpc) is 2.82. The van der Waals surface area contributed by atoms with Crippen LogP contribution in [0.1, 0.15) is 49.9 Å². The number of halogens is 2. The number of aromatic nitrogens is 2. The normalized spacial score (nSPS) is 20.1. The topological polar surface area (TPSA) is 78.8 Å². The number of carbonyl (C=O) groups is 1. The zero-order valence-electron chi connectivity index (χ0n) is 20.4. The second kappa shape index (κ2) is 11.0. The Hall–Kier alpha value is -2.65. The van der Waals surface area contributed by atoms with Gasteiger partial charge in [0.2, 0.25) is 5.88 Å².